The van der Waals surface area contributed by atoms with Crippen LogP contribution in [0, 0.1) is 0 Å². The van der Waals surface area contributed by atoms with Gasteiger partial charge in [-0.1, -0.05) is 0 Å². The summed E-state index contributed by atoms with van der Waals surface area (Å²) in [6.45, 7) is 0. The summed E-state index contributed by atoms with van der Waals surface area (Å²) in [6, 6.07) is 4.14. The van der Waals surface area contributed by atoms with Crippen LogP contribution in [0.25, 0.3) is 5.82 Å². The lowest BCUT2D eigenvalue weighted by Gasteiger charge is -2.13. The Bertz CT molecular complexity index is 628. The number of rotatable bonds is 3. The number of alkyl halides is 3. The van der Waals surface area contributed by atoms with E-state index >= 15 is 0 Å². The molecule has 21 heavy (non-hydrogen) atoms. The molecule has 2 aromatic rings. The number of hydrogen-bond donors (Lipinski definition) is 1. The van der Waals surface area contributed by atoms with Crippen LogP contribution in [-0.4, -0.2) is 34.3 Å². The summed E-state index contributed by atoms with van der Waals surface area (Å²) in [5, 5.41) is 5.91. The molecule has 1 N–H and O–H groups in total. The van der Waals surface area contributed by atoms with E-state index in [1.165, 1.54) is 29.2 Å². The zero-order valence-electron chi connectivity index (χ0n) is 10.6. The van der Waals surface area contributed by atoms with Gasteiger partial charge >= 0.3 is 12.5 Å². The van der Waals surface area contributed by atoms with Crippen LogP contribution in [0.1, 0.15) is 0 Å². The monoisotopic (exact) mass is 302 g/mol. The minimum atomic E-state index is -4.96. The quantitative estimate of drug-likeness (QED) is 0.941. The van der Waals surface area contributed by atoms with Gasteiger partial charge in [0.25, 0.3) is 0 Å². The highest BCUT2D eigenvalue weighted by molar-refractivity contribution is 5.86. The molecule has 0 saturated heterocycles. The maximum atomic E-state index is 12.4. The highest BCUT2D eigenvalue weighted by Crippen LogP contribution is 2.29. The second-order valence-electron chi connectivity index (χ2n) is 3.64. The Balaban J connectivity index is 2.38. The fourth-order valence-corrected chi connectivity index (χ4v) is 1.41. The molecule has 112 valence electrons. The smallest absolute Gasteiger partial charge is 0.453 e. The molecular formula is C11H9F3N4O3. The molecule has 0 radical (unpaired) electrons. The van der Waals surface area contributed by atoms with E-state index < -0.39 is 18.3 Å². The molecule has 0 bridgehead atoms. The van der Waals surface area contributed by atoms with E-state index in [-0.39, 0.29) is 11.5 Å². The van der Waals surface area contributed by atoms with Gasteiger partial charge in [0.15, 0.2) is 5.82 Å². The van der Waals surface area contributed by atoms with Crippen LogP contribution in [-0.2, 0) is 4.74 Å². The van der Waals surface area contributed by atoms with Crippen LogP contribution in [0.5, 0.6) is 5.88 Å². The Morgan fingerprint density at radius 2 is 2.14 bits per heavy atom. The Morgan fingerprint density at radius 1 is 1.38 bits per heavy atom. The minimum absolute atomic E-state index is 0.0923. The second kappa shape index (κ2) is 5.69. The summed E-state index contributed by atoms with van der Waals surface area (Å²) in [6.07, 6.45) is -2.97. The first-order valence-corrected chi connectivity index (χ1v) is 5.51. The Hall–Kier alpha value is -2.78. The first-order chi connectivity index (χ1) is 9.89. The van der Waals surface area contributed by atoms with Crippen LogP contribution in [0.4, 0.5) is 23.7 Å². The number of halogens is 3. The van der Waals surface area contributed by atoms with Crippen LogP contribution in [0.15, 0.2) is 30.6 Å². The van der Waals surface area contributed by atoms with Crippen molar-refractivity contribution in [3.63, 3.8) is 0 Å². The molecule has 0 saturated carbocycles. The maximum Gasteiger partial charge on any atom is 0.574 e. The molecule has 2 heterocycles. The number of hydrogen-bond acceptors (Lipinski definition) is 5. The summed E-state index contributed by atoms with van der Waals surface area (Å²) in [5.41, 5.74) is -0.282. The first kappa shape index (κ1) is 14.6. The zero-order valence-corrected chi connectivity index (χ0v) is 10.6. The normalized spacial score (nSPS) is 11.0. The molecule has 0 atom stereocenters. The Morgan fingerprint density at radius 3 is 2.71 bits per heavy atom. The van der Waals surface area contributed by atoms with E-state index in [2.05, 4.69) is 24.9 Å². The number of nitrogens with one attached hydrogen (secondary N) is 1. The third-order valence-corrected chi connectivity index (χ3v) is 2.22. The van der Waals surface area contributed by atoms with E-state index in [4.69, 9.17) is 0 Å². The van der Waals surface area contributed by atoms with Crippen molar-refractivity contribution in [2.24, 2.45) is 0 Å². The highest BCUT2D eigenvalue weighted by Gasteiger charge is 2.33. The summed E-state index contributed by atoms with van der Waals surface area (Å²) in [7, 11) is 1.07. The lowest BCUT2D eigenvalue weighted by Crippen LogP contribution is -2.21. The summed E-state index contributed by atoms with van der Waals surface area (Å²) in [5.74, 6) is -0.726. The van der Waals surface area contributed by atoms with E-state index in [0.29, 0.717) is 0 Å². The standard InChI is InChI=1S/C11H9F3N4O3/c1-20-10(19)16-7-3-4-8(18-6-2-5-15-18)17-9(7)21-11(12,13)14/h2-6H,1H3,(H,16,19). The third kappa shape index (κ3) is 3.84. The molecule has 0 aromatic carbocycles. The van der Waals surface area contributed by atoms with Crippen molar-refractivity contribution in [3.05, 3.63) is 30.6 Å². The molecule has 10 heteroatoms. The number of carbonyl (C=O) groups is 1. The topological polar surface area (TPSA) is 78.3 Å². The van der Waals surface area contributed by atoms with Crippen LogP contribution < -0.4 is 10.1 Å². The molecule has 7 nitrogen and oxygen atoms in total. The van der Waals surface area contributed by atoms with Gasteiger partial charge in [0.2, 0.25) is 5.88 Å². The van der Waals surface area contributed by atoms with Crippen molar-refractivity contribution in [1.82, 2.24) is 14.8 Å². The van der Waals surface area contributed by atoms with Gasteiger partial charge < -0.3 is 9.47 Å². The number of aromatic nitrogens is 3. The lowest BCUT2D eigenvalue weighted by atomic mass is 10.4. The average Bonchev–Trinajstić information content (AvgIpc) is 2.92. The summed E-state index contributed by atoms with van der Waals surface area (Å²) in [4.78, 5) is 14.8. The van der Waals surface area contributed by atoms with E-state index in [1.807, 2.05) is 0 Å². The molecule has 0 aliphatic carbocycles. The molecule has 0 spiro atoms. The summed E-state index contributed by atoms with van der Waals surface area (Å²) >= 11 is 0. The highest BCUT2D eigenvalue weighted by atomic mass is 19.4. The number of nitrogens with zero attached hydrogens (tertiary/aromatic N) is 3. The van der Waals surface area contributed by atoms with Gasteiger partial charge in [0.1, 0.15) is 5.69 Å². The van der Waals surface area contributed by atoms with Crippen molar-refractivity contribution in [1.29, 1.82) is 0 Å². The fraction of sp³-hybridized carbons (Fsp3) is 0.182. The SMILES string of the molecule is COC(=O)Nc1ccc(-n2cccn2)nc1OC(F)(F)F. The zero-order chi connectivity index (χ0) is 15.5. The molecule has 0 aliphatic rings. The molecule has 2 aromatic heterocycles. The summed E-state index contributed by atoms with van der Waals surface area (Å²) < 4.78 is 46.5. The number of amides is 1. The van der Waals surface area contributed by atoms with Gasteiger partial charge in [-0.15, -0.1) is 13.2 Å². The first-order valence-electron chi connectivity index (χ1n) is 5.51. The van der Waals surface area contributed by atoms with Crippen molar-refractivity contribution in [2.75, 3.05) is 12.4 Å². The van der Waals surface area contributed by atoms with Gasteiger partial charge in [-0.05, 0) is 18.2 Å². The van der Waals surface area contributed by atoms with Crippen LogP contribution >= 0.6 is 0 Å². The molecular weight excluding hydrogens is 293 g/mol. The van der Waals surface area contributed by atoms with Crippen molar-refractivity contribution < 1.29 is 27.4 Å². The Labute approximate surface area is 116 Å². The predicted octanol–water partition coefficient (Wildman–Crippen LogP) is 2.34. The van der Waals surface area contributed by atoms with Crippen molar-refractivity contribution in [3.8, 4) is 11.7 Å². The van der Waals surface area contributed by atoms with Crippen molar-refractivity contribution >= 4 is 11.8 Å². The number of anilines is 1. The van der Waals surface area contributed by atoms with E-state index in [9.17, 15) is 18.0 Å². The van der Waals surface area contributed by atoms with Gasteiger partial charge in [-0.3, -0.25) is 5.32 Å². The maximum absolute atomic E-state index is 12.4. The Kier molecular flexibility index (Phi) is 3.96. The van der Waals surface area contributed by atoms with E-state index in [0.717, 1.165) is 7.11 Å². The lowest BCUT2D eigenvalue weighted by molar-refractivity contribution is -0.275. The van der Waals surface area contributed by atoms with Gasteiger partial charge in [0.05, 0.1) is 7.11 Å². The number of ether oxygens (including phenoxy) is 2. The number of methoxy groups -OCH3 is 1. The van der Waals surface area contributed by atoms with Gasteiger partial charge in [-0.2, -0.15) is 10.1 Å². The average molecular weight is 302 g/mol. The second-order valence-corrected chi connectivity index (χ2v) is 3.64. The van der Waals surface area contributed by atoms with E-state index in [1.54, 1.807) is 6.07 Å². The number of pyridine rings is 1. The third-order valence-electron chi connectivity index (χ3n) is 2.22. The largest absolute Gasteiger partial charge is 0.574 e. The van der Waals surface area contributed by atoms with Gasteiger partial charge in [-0.25, -0.2) is 9.48 Å². The predicted molar refractivity (Wildman–Crippen MR) is 64.1 cm³/mol. The molecule has 2 rings (SSSR count). The molecule has 1 amide bonds. The van der Waals surface area contributed by atoms with Crippen LogP contribution in [0.3, 0.4) is 0 Å². The van der Waals surface area contributed by atoms with Crippen molar-refractivity contribution in [2.45, 2.75) is 6.36 Å². The van der Waals surface area contributed by atoms with Gasteiger partial charge in [0, 0.05) is 12.4 Å². The van der Waals surface area contributed by atoms with Crippen LogP contribution in [0.2, 0.25) is 0 Å². The molecule has 0 fully saturated rings. The number of carbonyl (C=O) groups excluding carboxylic acids is 1. The fourth-order valence-electron chi connectivity index (χ4n) is 1.41. The minimum Gasteiger partial charge on any atom is -0.453 e. The molecule has 0 unspecified atom stereocenters. The molecule has 0 aliphatic heterocycles.